The minimum atomic E-state index is 0.398. The molecule has 2 aliphatic rings. The van der Waals surface area contributed by atoms with E-state index in [0.717, 1.165) is 18.5 Å². The highest BCUT2D eigenvalue weighted by atomic mass is 15.2. The van der Waals surface area contributed by atoms with Gasteiger partial charge in [0.25, 0.3) is 0 Å². The van der Waals surface area contributed by atoms with Gasteiger partial charge in [0.05, 0.1) is 11.4 Å². The third-order valence-corrected chi connectivity index (χ3v) is 4.49. The van der Waals surface area contributed by atoms with E-state index in [0.29, 0.717) is 18.1 Å². The van der Waals surface area contributed by atoms with Gasteiger partial charge >= 0.3 is 0 Å². The molecule has 0 spiro atoms. The third kappa shape index (κ3) is 2.01. The highest BCUT2D eigenvalue weighted by molar-refractivity contribution is 5.53. The van der Waals surface area contributed by atoms with E-state index < -0.39 is 0 Å². The molecule has 2 bridgehead atoms. The molecule has 2 saturated heterocycles. The van der Waals surface area contributed by atoms with Gasteiger partial charge < -0.3 is 10.6 Å². The summed E-state index contributed by atoms with van der Waals surface area (Å²) in [6.07, 6.45) is 6.22. The van der Waals surface area contributed by atoms with Crippen molar-refractivity contribution in [3.05, 3.63) is 23.5 Å². The molecule has 0 radical (unpaired) electrons. The topological polar surface area (TPSA) is 42.1 Å². The Morgan fingerprint density at radius 3 is 2.44 bits per heavy atom. The molecular weight excluding hydrogens is 222 g/mol. The fourth-order valence-electron chi connectivity index (χ4n) is 3.77. The van der Waals surface area contributed by atoms with Crippen LogP contribution in [-0.4, -0.2) is 23.1 Å². The van der Waals surface area contributed by atoms with Gasteiger partial charge in [0.1, 0.15) is 0 Å². The first-order chi connectivity index (χ1) is 8.65. The van der Waals surface area contributed by atoms with Crippen molar-refractivity contribution in [3.8, 4) is 0 Å². The van der Waals surface area contributed by atoms with Crippen LogP contribution in [0, 0.1) is 13.8 Å². The molecule has 2 atom stereocenters. The summed E-state index contributed by atoms with van der Waals surface area (Å²) in [7, 11) is 0. The van der Waals surface area contributed by atoms with Gasteiger partial charge in [-0.1, -0.05) is 0 Å². The zero-order valence-electron chi connectivity index (χ0n) is 11.4. The van der Waals surface area contributed by atoms with Crippen LogP contribution in [0.3, 0.4) is 0 Å². The van der Waals surface area contributed by atoms with Gasteiger partial charge in [0.2, 0.25) is 0 Å². The standard InChI is InChI=1S/C15H23N3/c1-10-6-7-15(11(2)17-10)18-13-4-3-5-14(18)9-12(16)8-13/h6-7,12-14H,3-5,8-9,16H2,1-2H3. The summed E-state index contributed by atoms with van der Waals surface area (Å²) in [6.45, 7) is 4.19. The van der Waals surface area contributed by atoms with Gasteiger partial charge in [-0.05, 0) is 58.1 Å². The summed E-state index contributed by atoms with van der Waals surface area (Å²) in [5.41, 5.74) is 9.80. The number of nitrogens with two attached hydrogens (primary N) is 1. The molecule has 2 fully saturated rings. The SMILES string of the molecule is Cc1ccc(N2C3CCCC2CC(N)C3)c(C)n1. The highest BCUT2D eigenvalue weighted by Gasteiger charge is 2.37. The Labute approximate surface area is 109 Å². The minimum absolute atomic E-state index is 0.398. The number of nitrogens with zero attached hydrogens (tertiary/aromatic N) is 2. The van der Waals surface area contributed by atoms with Gasteiger partial charge in [0, 0.05) is 23.8 Å². The van der Waals surface area contributed by atoms with Crippen molar-refractivity contribution >= 4 is 5.69 Å². The molecule has 0 saturated carbocycles. The maximum absolute atomic E-state index is 6.19. The van der Waals surface area contributed by atoms with Crippen molar-refractivity contribution in [1.82, 2.24) is 4.98 Å². The largest absolute Gasteiger partial charge is 0.364 e. The summed E-state index contributed by atoms with van der Waals surface area (Å²) in [5.74, 6) is 0. The number of aryl methyl sites for hydroxylation is 2. The van der Waals surface area contributed by atoms with Crippen molar-refractivity contribution in [2.24, 2.45) is 5.73 Å². The predicted molar refractivity (Wildman–Crippen MR) is 74.8 cm³/mol. The lowest BCUT2D eigenvalue weighted by Crippen LogP contribution is -2.55. The lowest BCUT2D eigenvalue weighted by atomic mass is 9.81. The van der Waals surface area contributed by atoms with Crippen LogP contribution in [0.2, 0.25) is 0 Å². The van der Waals surface area contributed by atoms with Crippen LogP contribution in [0.5, 0.6) is 0 Å². The average molecular weight is 245 g/mol. The number of rotatable bonds is 1. The molecule has 0 aliphatic carbocycles. The van der Waals surface area contributed by atoms with Gasteiger partial charge in [-0.15, -0.1) is 0 Å². The Bertz CT molecular complexity index is 429. The van der Waals surface area contributed by atoms with Crippen LogP contribution in [0.25, 0.3) is 0 Å². The number of fused-ring (bicyclic) bond motifs is 2. The summed E-state index contributed by atoms with van der Waals surface area (Å²) in [4.78, 5) is 7.24. The van der Waals surface area contributed by atoms with Gasteiger partial charge in [-0.3, -0.25) is 4.98 Å². The average Bonchev–Trinajstić information content (AvgIpc) is 2.28. The number of hydrogen-bond acceptors (Lipinski definition) is 3. The fraction of sp³-hybridized carbons (Fsp3) is 0.667. The van der Waals surface area contributed by atoms with E-state index in [-0.39, 0.29) is 0 Å². The van der Waals surface area contributed by atoms with Gasteiger partial charge in [-0.25, -0.2) is 0 Å². The molecule has 2 unspecified atom stereocenters. The monoisotopic (exact) mass is 245 g/mol. The fourth-order valence-corrected chi connectivity index (χ4v) is 3.77. The van der Waals surface area contributed by atoms with E-state index in [2.05, 4.69) is 35.9 Å². The number of pyridine rings is 1. The van der Waals surface area contributed by atoms with Crippen LogP contribution in [0.4, 0.5) is 5.69 Å². The zero-order chi connectivity index (χ0) is 12.7. The number of anilines is 1. The summed E-state index contributed by atoms with van der Waals surface area (Å²) in [6, 6.07) is 6.05. The second-order valence-electron chi connectivity index (χ2n) is 5.93. The first kappa shape index (κ1) is 12.0. The van der Waals surface area contributed by atoms with Gasteiger partial charge in [-0.2, -0.15) is 0 Å². The van der Waals surface area contributed by atoms with Crippen LogP contribution in [0.1, 0.15) is 43.5 Å². The summed E-state index contributed by atoms with van der Waals surface area (Å²) >= 11 is 0. The Morgan fingerprint density at radius 2 is 1.83 bits per heavy atom. The molecule has 0 amide bonds. The molecule has 1 aromatic rings. The third-order valence-electron chi connectivity index (χ3n) is 4.49. The maximum Gasteiger partial charge on any atom is 0.0609 e. The molecule has 18 heavy (non-hydrogen) atoms. The van der Waals surface area contributed by atoms with Crippen LogP contribution >= 0.6 is 0 Å². The van der Waals surface area contributed by atoms with E-state index in [1.54, 1.807) is 0 Å². The second-order valence-corrected chi connectivity index (χ2v) is 5.93. The van der Waals surface area contributed by atoms with E-state index in [1.165, 1.54) is 30.6 Å². The molecule has 1 aromatic heterocycles. The molecule has 98 valence electrons. The minimum Gasteiger partial charge on any atom is -0.364 e. The van der Waals surface area contributed by atoms with E-state index in [4.69, 9.17) is 5.73 Å². The molecule has 0 aromatic carbocycles. The molecule has 2 aliphatic heterocycles. The smallest absolute Gasteiger partial charge is 0.0609 e. The van der Waals surface area contributed by atoms with Crippen molar-refractivity contribution in [2.45, 2.75) is 64.1 Å². The lowest BCUT2D eigenvalue weighted by Gasteiger charge is -2.50. The number of hydrogen-bond donors (Lipinski definition) is 1. The molecule has 3 nitrogen and oxygen atoms in total. The zero-order valence-corrected chi connectivity index (χ0v) is 11.4. The molecule has 3 rings (SSSR count). The van der Waals surface area contributed by atoms with Gasteiger partial charge in [0.15, 0.2) is 0 Å². The number of aromatic nitrogens is 1. The van der Waals surface area contributed by atoms with Crippen molar-refractivity contribution in [3.63, 3.8) is 0 Å². The lowest BCUT2D eigenvalue weighted by molar-refractivity contribution is 0.271. The van der Waals surface area contributed by atoms with Crippen LogP contribution < -0.4 is 10.6 Å². The molecule has 3 heteroatoms. The normalized spacial score (nSPS) is 31.5. The predicted octanol–water partition coefficient (Wildman–Crippen LogP) is 2.55. The summed E-state index contributed by atoms with van der Waals surface area (Å²) in [5, 5.41) is 0. The summed E-state index contributed by atoms with van der Waals surface area (Å²) < 4.78 is 0. The van der Waals surface area contributed by atoms with E-state index >= 15 is 0 Å². The van der Waals surface area contributed by atoms with Crippen molar-refractivity contribution < 1.29 is 0 Å². The van der Waals surface area contributed by atoms with Crippen LogP contribution in [0.15, 0.2) is 12.1 Å². The Balaban J connectivity index is 1.95. The van der Waals surface area contributed by atoms with Crippen molar-refractivity contribution in [2.75, 3.05) is 4.90 Å². The Hall–Kier alpha value is -1.09. The Morgan fingerprint density at radius 1 is 1.17 bits per heavy atom. The number of piperidine rings is 2. The molecule has 2 N–H and O–H groups in total. The van der Waals surface area contributed by atoms with E-state index in [9.17, 15) is 0 Å². The molecular formula is C15H23N3. The first-order valence-electron chi connectivity index (χ1n) is 7.13. The van der Waals surface area contributed by atoms with Crippen molar-refractivity contribution in [1.29, 1.82) is 0 Å². The highest BCUT2D eigenvalue weighted by Crippen LogP contribution is 2.38. The first-order valence-corrected chi connectivity index (χ1v) is 7.13. The Kier molecular flexibility index (Phi) is 3.02. The van der Waals surface area contributed by atoms with Crippen LogP contribution in [-0.2, 0) is 0 Å². The molecule has 3 heterocycles. The quantitative estimate of drug-likeness (QED) is 0.826. The van der Waals surface area contributed by atoms with E-state index in [1.807, 2.05) is 0 Å². The second kappa shape index (κ2) is 4.54. The maximum atomic E-state index is 6.19.